The molecule has 1 fully saturated rings. The van der Waals surface area contributed by atoms with Crippen LogP contribution in [0, 0.1) is 0 Å². The fraction of sp³-hybridized carbons (Fsp3) is 0.333. The lowest BCUT2D eigenvalue weighted by Gasteiger charge is -2.20. The van der Waals surface area contributed by atoms with E-state index in [2.05, 4.69) is 10.00 Å². The van der Waals surface area contributed by atoms with E-state index in [-0.39, 0.29) is 11.9 Å². The highest BCUT2D eigenvalue weighted by Gasteiger charge is 2.29. The number of hydrogen-bond donors (Lipinski definition) is 1. The minimum absolute atomic E-state index is 0.142. The average Bonchev–Trinajstić information content (AvgIpc) is 3.09. The molecular weight excluding hydrogens is 252 g/mol. The summed E-state index contributed by atoms with van der Waals surface area (Å²) in [6.07, 6.45) is 3.82. The number of benzene rings is 1. The van der Waals surface area contributed by atoms with Crippen molar-refractivity contribution in [3.8, 4) is 5.69 Å². The number of nitrogens with two attached hydrogens (primary N) is 1. The van der Waals surface area contributed by atoms with Gasteiger partial charge in [0.15, 0.2) is 0 Å². The summed E-state index contributed by atoms with van der Waals surface area (Å²) in [5.74, 6) is -0.231. The number of aromatic nitrogens is 2. The summed E-state index contributed by atoms with van der Waals surface area (Å²) < 4.78 is 1.85. The SMILES string of the molecule is NC(=O)C1CCCN1Cc1ccn(-c2ccccc2)n1. The number of amides is 1. The van der Waals surface area contributed by atoms with Crippen LogP contribution in [0.1, 0.15) is 18.5 Å². The van der Waals surface area contributed by atoms with Crippen molar-refractivity contribution in [2.24, 2.45) is 5.73 Å². The van der Waals surface area contributed by atoms with Crippen molar-refractivity contribution in [1.82, 2.24) is 14.7 Å². The van der Waals surface area contributed by atoms with Gasteiger partial charge < -0.3 is 5.73 Å². The molecule has 2 N–H and O–H groups in total. The average molecular weight is 270 g/mol. The van der Waals surface area contributed by atoms with Gasteiger partial charge in [-0.05, 0) is 37.6 Å². The Morgan fingerprint density at radius 1 is 1.30 bits per heavy atom. The first-order chi connectivity index (χ1) is 9.74. The topological polar surface area (TPSA) is 64.2 Å². The van der Waals surface area contributed by atoms with E-state index in [4.69, 9.17) is 5.73 Å². The maximum Gasteiger partial charge on any atom is 0.234 e. The number of para-hydroxylation sites is 1. The zero-order valence-corrected chi connectivity index (χ0v) is 11.3. The second-order valence-electron chi connectivity index (χ2n) is 5.12. The van der Waals surface area contributed by atoms with Crippen molar-refractivity contribution >= 4 is 5.91 Å². The van der Waals surface area contributed by atoms with Crippen molar-refractivity contribution in [1.29, 1.82) is 0 Å². The lowest BCUT2D eigenvalue weighted by molar-refractivity contribution is -0.122. The molecule has 0 aliphatic carbocycles. The Bertz CT molecular complexity index is 593. The van der Waals surface area contributed by atoms with E-state index in [1.54, 1.807) is 0 Å². The normalized spacial score (nSPS) is 19.3. The van der Waals surface area contributed by atoms with Crippen LogP contribution in [0.15, 0.2) is 42.6 Å². The molecule has 1 atom stereocenters. The first-order valence-corrected chi connectivity index (χ1v) is 6.87. The largest absolute Gasteiger partial charge is 0.368 e. The molecule has 1 aromatic carbocycles. The number of rotatable bonds is 4. The van der Waals surface area contributed by atoms with Crippen molar-refractivity contribution in [2.45, 2.75) is 25.4 Å². The summed E-state index contributed by atoms with van der Waals surface area (Å²) in [6.45, 7) is 1.58. The van der Waals surface area contributed by atoms with Gasteiger partial charge in [0.2, 0.25) is 5.91 Å². The monoisotopic (exact) mass is 270 g/mol. The molecule has 1 saturated heterocycles. The number of carbonyl (C=O) groups is 1. The Balaban J connectivity index is 1.73. The predicted octanol–water partition coefficient (Wildman–Crippen LogP) is 1.32. The molecule has 0 spiro atoms. The zero-order chi connectivity index (χ0) is 13.9. The second-order valence-corrected chi connectivity index (χ2v) is 5.12. The summed E-state index contributed by atoms with van der Waals surface area (Å²) in [7, 11) is 0. The minimum Gasteiger partial charge on any atom is -0.368 e. The van der Waals surface area contributed by atoms with Crippen LogP contribution in [-0.4, -0.2) is 33.2 Å². The van der Waals surface area contributed by atoms with E-state index in [9.17, 15) is 4.79 Å². The highest BCUT2D eigenvalue weighted by Crippen LogP contribution is 2.19. The molecule has 20 heavy (non-hydrogen) atoms. The van der Waals surface area contributed by atoms with Gasteiger partial charge in [-0.15, -0.1) is 0 Å². The van der Waals surface area contributed by atoms with Crippen molar-refractivity contribution in [3.63, 3.8) is 0 Å². The van der Waals surface area contributed by atoms with Crippen LogP contribution in [0.2, 0.25) is 0 Å². The Kier molecular flexibility index (Phi) is 3.52. The third-order valence-corrected chi connectivity index (χ3v) is 3.72. The lowest BCUT2D eigenvalue weighted by atomic mass is 10.2. The Morgan fingerprint density at radius 3 is 2.85 bits per heavy atom. The van der Waals surface area contributed by atoms with Crippen molar-refractivity contribution in [3.05, 3.63) is 48.3 Å². The molecule has 0 radical (unpaired) electrons. The van der Waals surface area contributed by atoms with E-state index < -0.39 is 0 Å². The summed E-state index contributed by atoms with van der Waals surface area (Å²) >= 11 is 0. The van der Waals surface area contributed by atoms with E-state index in [1.165, 1.54) is 0 Å². The highest BCUT2D eigenvalue weighted by atomic mass is 16.1. The van der Waals surface area contributed by atoms with Crippen LogP contribution in [-0.2, 0) is 11.3 Å². The predicted molar refractivity (Wildman–Crippen MR) is 76.2 cm³/mol. The van der Waals surface area contributed by atoms with Crippen molar-refractivity contribution in [2.75, 3.05) is 6.54 Å². The van der Waals surface area contributed by atoms with Gasteiger partial charge in [0.1, 0.15) is 0 Å². The molecule has 5 heteroatoms. The number of likely N-dealkylation sites (tertiary alicyclic amines) is 1. The molecule has 3 rings (SSSR count). The summed E-state index contributed by atoms with van der Waals surface area (Å²) in [4.78, 5) is 13.5. The molecule has 0 saturated carbocycles. The van der Waals surface area contributed by atoms with Gasteiger partial charge in [-0.1, -0.05) is 18.2 Å². The van der Waals surface area contributed by atoms with Gasteiger partial charge in [0.05, 0.1) is 17.4 Å². The van der Waals surface area contributed by atoms with Crippen LogP contribution < -0.4 is 5.73 Å². The summed E-state index contributed by atoms with van der Waals surface area (Å²) in [5, 5.41) is 4.56. The van der Waals surface area contributed by atoms with Crippen LogP contribution in [0.3, 0.4) is 0 Å². The Morgan fingerprint density at radius 2 is 2.10 bits per heavy atom. The number of hydrogen-bond acceptors (Lipinski definition) is 3. The molecule has 1 amide bonds. The maximum absolute atomic E-state index is 11.4. The standard InChI is InChI=1S/C15H18N4O/c16-15(20)14-7-4-9-18(14)11-12-8-10-19(17-12)13-5-2-1-3-6-13/h1-3,5-6,8,10,14H,4,7,9,11H2,(H2,16,20). The summed E-state index contributed by atoms with van der Waals surface area (Å²) in [5.41, 5.74) is 7.43. The molecule has 5 nitrogen and oxygen atoms in total. The maximum atomic E-state index is 11.4. The molecule has 1 aliphatic heterocycles. The molecule has 1 aliphatic rings. The van der Waals surface area contributed by atoms with Gasteiger partial charge in [-0.3, -0.25) is 9.69 Å². The van der Waals surface area contributed by atoms with E-state index in [0.29, 0.717) is 6.54 Å². The molecule has 1 unspecified atom stereocenters. The van der Waals surface area contributed by atoms with E-state index in [0.717, 1.165) is 30.8 Å². The molecule has 0 bridgehead atoms. The first kappa shape index (κ1) is 12.9. The van der Waals surface area contributed by atoms with Gasteiger partial charge >= 0.3 is 0 Å². The van der Waals surface area contributed by atoms with E-state index >= 15 is 0 Å². The minimum atomic E-state index is -0.231. The fourth-order valence-electron chi connectivity index (χ4n) is 2.72. The number of primary amides is 1. The first-order valence-electron chi connectivity index (χ1n) is 6.87. The molecule has 104 valence electrons. The molecule has 1 aromatic heterocycles. The van der Waals surface area contributed by atoms with Gasteiger partial charge in [0.25, 0.3) is 0 Å². The lowest BCUT2D eigenvalue weighted by Crippen LogP contribution is -2.39. The number of nitrogens with zero attached hydrogens (tertiary/aromatic N) is 3. The van der Waals surface area contributed by atoms with Gasteiger partial charge in [-0.25, -0.2) is 4.68 Å². The van der Waals surface area contributed by atoms with Crippen LogP contribution in [0.5, 0.6) is 0 Å². The molecule has 2 heterocycles. The summed E-state index contributed by atoms with van der Waals surface area (Å²) in [6, 6.07) is 11.8. The van der Waals surface area contributed by atoms with Crippen LogP contribution in [0.4, 0.5) is 0 Å². The third kappa shape index (κ3) is 2.58. The molecule has 2 aromatic rings. The Labute approximate surface area is 118 Å². The quantitative estimate of drug-likeness (QED) is 0.911. The van der Waals surface area contributed by atoms with Gasteiger partial charge in [-0.2, -0.15) is 5.10 Å². The van der Waals surface area contributed by atoms with E-state index in [1.807, 2.05) is 47.3 Å². The van der Waals surface area contributed by atoms with Gasteiger partial charge in [0, 0.05) is 12.7 Å². The van der Waals surface area contributed by atoms with Crippen LogP contribution in [0.25, 0.3) is 5.69 Å². The second kappa shape index (κ2) is 5.46. The zero-order valence-electron chi connectivity index (χ0n) is 11.3. The number of carbonyl (C=O) groups excluding carboxylic acids is 1. The Hall–Kier alpha value is -2.14. The fourth-order valence-corrected chi connectivity index (χ4v) is 2.72. The smallest absolute Gasteiger partial charge is 0.234 e. The van der Waals surface area contributed by atoms with Crippen LogP contribution >= 0.6 is 0 Å². The van der Waals surface area contributed by atoms with Crippen molar-refractivity contribution < 1.29 is 4.79 Å². The molecular formula is C15H18N4O. The highest BCUT2D eigenvalue weighted by molar-refractivity contribution is 5.80. The third-order valence-electron chi connectivity index (χ3n) is 3.72.